The zero-order valence-electron chi connectivity index (χ0n) is 11.8. The Morgan fingerprint density at radius 1 is 1.25 bits per heavy atom. The summed E-state index contributed by atoms with van der Waals surface area (Å²) in [6.45, 7) is 6.81. The third-order valence-corrected chi connectivity index (χ3v) is 3.36. The Bertz CT molecular complexity index is 527. The van der Waals surface area contributed by atoms with Crippen LogP contribution < -0.4 is 0 Å². The fourth-order valence-corrected chi connectivity index (χ4v) is 2.42. The molecule has 0 saturated carbocycles. The highest BCUT2D eigenvalue weighted by atomic mass is 35.5. The lowest BCUT2D eigenvalue weighted by atomic mass is 10.2. The van der Waals surface area contributed by atoms with E-state index in [-0.39, 0.29) is 12.6 Å². The lowest BCUT2D eigenvalue weighted by Crippen LogP contribution is -2.55. The molecule has 0 radical (unpaired) electrons. The molecule has 6 nitrogen and oxygen atoms in total. The molecule has 0 atom stereocenters. The molecule has 1 aromatic heterocycles. The molecule has 2 amide bonds. The fraction of sp³-hybridized carbons (Fsp3) is 0.538. The molecule has 1 aromatic rings. The van der Waals surface area contributed by atoms with Gasteiger partial charge in [-0.2, -0.15) is 0 Å². The van der Waals surface area contributed by atoms with Crippen LogP contribution in [0.15, 0.2) is 6.07 Å². The molecule has 1 aliphatic rings. The summed E-state index contributed by atoms with van der Waals surface area (Å²) in [4.78, 5) is 35.4. The Morgan fingerprint density at radius 2 is 1.95 bits per heavy atom. The second kappa shape index (κ2) is 5.75. The summed E-state index contributed by atoms with van der Waals surface area (Å²) >= 11 is 5.87. The predicted octanol–water partition coefficient (Wildman–Crippen LogP) is 1.02. The van der Waals surface area contributed by atoms with Crippen LogP contribution in [-0.2, 0) is 16.1 Å². The molecule has 7 heteroatoms. The average Bonchev–Trinajstić information content (AvgIpc) is 2.33. The number of hydrogen-bond acceptors (Lipinski definition) is 4. The molecule has 0 unspecified atom stereocenters. The Morgan fingerprint density at radius 3 is 2.55 bits per heavy atom. The molecule has 1 fully saturated rings. The number of hydrogen-bond donors (Lipinski definition) is 0. The van der Waals surface area contributed by atoms with E-state index in [0.717, 1.165) is 5.69 Å². The summed E-state index contributed by atoms with van der Waals surface area (Å²) < 4.78 is 0. The van der Waals surface area contributed by atoms with Crippen molar-refractivity contribution in [1.29, 1.82) is 0 Å². The number of carbonyl (C=O) groups excluding carboxylic acids is 2. The maximum Gasteiger partial charge on any atom is 0.312 e. The maximum absolute atomic E-state index is 12.1. The summed E-state index contributed by atoms with van der Waals surface area (Å²) in [6, 6.07) is 1.67. The minimum Gasteiger partial charge on any atom is -0.330 e. The molecular weight excluding hydrogens is 280 g/mol. The number of halogens is 1. The van der Waals surface area contributed by atoms with Gasteiger partial charge in [0, 0.05) is 24.8 Å². The number of aromatic nitrogens is 2. The van der Waals surface area contributed by atoms with Gasteiger partial charge >= 0.3 is 11.8 Å². The first kappa shape index (κ1) is 14.7. The second-order valence-corrected chi connectivity index (χ2v) is 5.45. The van der Waals surface area contributed by atoms with Crippen molar-refractivity contribution in [3.05, 3.63) is 22.7 Å². The van der Waals surface area contributed by atoms with Gasteiger partial charge in [0.25, 0.3) is 0 Å². The molecule has 2 heterocycles. The van der Waals surface area contributed by atoms with Crippen molar-refractivity contribution < 1.29 is 9.59 Å². The normalized spacial score (nSPS) is 16.2. The van der Waals surface area contributed by atoms with Crippen LogP contribution in [0.2, 0.25) is 5.15 Å². The van der Waals surface area contributed by atoms with E-state index in [1.54, 1.807) is 17.9 Å². The van der Waals surface area contributed by atoms with Gasteiger partial charge in [0.2, 0.25) is 0 Å². The zero-order valence-corrected chi connectivity index (χ0v) is 12.5. The van der Waals surface area contributed by atoms with E-state index >= 15 is 0 Å². The maximum atomic E-state index is 12.1. The highest BCUT2D eigenvalue weighted by Crippen LogP contribution is 2.13. The summed E-state index contributed by atoms with van der Waals surface area (Å²) in [6.07, 6.45) is 0. The predicted molar refractivity (Wildman–Crippen MR) is 74.0 cm³/mol. The number of carbonyl (C=O) groups is 2. The van der Waals surface area contributed by atoms with Crippen molar-refractivity contribution in [2.24, 2.45) is 0 Å². The quantitative estimate of drug-likeness (QED) is 0.617. The second-order valence-electron chi connectivity index (χ2n) is 5.07. The van der Waals surface area contributed by atoms with Gasteiger partial charge in [-0.05, 0) is 26.8 Å². The topological polar surface area (TPSA) is 66.4 Å². The Balaban J connectivity index is 2.11. The van der Waals surface area contributed by atoms with Crippen molar-refractivity contribution in [1.82, 2.24) is 19.8 Å². The molecule has 2 rings (SSSR count). The molecule has 0 spiro atoms. The van der Waals surface area contributed by atoms with Crippen LogP contribution in [-0.4, -0.2) is 50.7 Å². The third-order valence-electron chi connectivity index (χ3n) is 3.17. The first-order chi connectivity index (χ1) is 9.38. The van der Waals surface area contributed by atoms with Crippen LogP contribution in [0.25, 0.3) is 0 Å². The standard InChI is InChI=1S/C13H17ClN4O2/c1-8(2)18-5-4-17(12(19)13(18)20)7-11-15-9(3)6-10(14)16-11/h6,8H,4-5,7H2,1-3H3. The van der Waals surface area contributed by atoms with Gasteiger partial charge < -0.3 is 9.80 Å². The van der Waals surface area contributed by atoms with Crippen LogP contribution in [0, 0.1) is 6.92 Å². The van der Waals surface area contributed by atoms with Gasteiger partial charge in [-0.3, -0.25) is 9.59 Å². The molecule has 20 heavy (non-hydrogen) atoms. The Kier molecular flexibility index (Phi) is 4.23. The van der Waals surface area contributed by atoms with Gasteiger partial charge in [0.05, 0.1) is 6.54 Å². The van der Waals surface area contributed by atoms with Gasteiger partial charge in [0.15, 0.2) is 0 Å². The van der Waals surface area contributed by atoms with Gasteiger partial charge in [0.1, 0.15) is 11.0 Å². The minimum absolute atomic E-state index is 0.0262. The van der Waals surface area contributed by atoms with Gasteiger partial charge in [-0.15, -0.1) is 0 Å². The lowest BCUT2D eigenvalue weighted by Gasteiger charge is -2.35. The van der Waals surface area contributed by atoms with Crippen LogP contribution in [0.3, 0.4) is 0 Å². The van der Waals surface area contributed by atoms with Crippen molar-refractivity contribution >= 4 is 23.4 Å². The first-order valence-corrected chi connectivity index (χ1v) is 6.86. The number of nitrogens with zero attached hydrogens (tertiary/aromatic N) is 4. The SMILES string of the molecule is Cc1cc(Cl)nc(CN2CCN(C(C)C)C(=O)C2=O)n1. The van der Waals surface area contributed by atoms with Gasteiger partial charge in [-0.25, -0.2) is 9.97 Å². The van der Waals surface area contributed by atoms with Crippen molar-refractivity contribution in [2.75, 3.05) is 13.1 Å². The van der Waals surface area contributed by atoms with E-state index in [1.807, 2.05) is 13.8 Å². The van der Waals surface area contributed by atoms with E-state index in [0.29, 0.717) is 24.1 Å². The summed E-state index contributed by atoms with van der Waals surface area (Å²) in [5, 5.41) is 0.340. The molecule has 1 aliphatic heterocycles. The zero-order chi connectivity index (χ0) is 14.9. The summed E-state index contributed by atoms with van der Waals surface area (Å²) in [7, 11) is 0. The van der Waals surface area contributed by atoms with E-state index in [9.17, 15) is 9.59 Å². The van der Waals surface area contributed by atoms with Crippen molar-refractivity contribution in [2.45, 2.75) is 33.4 Å². The fourth-order valence-electron chi connectivity index (χ4n) is 2.16. The monoisotopic (exact) mass is 296 g/mol. The number of rotatable bonds is 3. The third kappa shape index (κ3) is 3.07. The van der Waals surface area contributed by atoms with E-state index in [1.165, 1.54) is 4.90 Å². The van der Waals surface area contributed by atoms with Crippen LogP contribution in [0.1, 0.15) is 25.4 Å². The highest BCUT2D eigenvalue weighted by Gasteiger charge is 2.34. The smallest absolute Gasteiger partial charge is 0.312 e. The molecule has 0 N–H and O–H groups in total. The number of amides is 2. The molecule has 0 aliphatic carbocycles. The molecule has 1 saturated heterocycles. The number of piperazine rings is 1. The van der Waals surface area contributed by atoms with Crippen LogP contribution >= 0.6 is 11.6 Å². The molecule has 0 aromatic carbocycles. The summed E-state index contributed by atoms with van der Waals surface area (Å²) in [5.41, 5.74) is 0.736. The van der Waals surface area contributed by atoms with E-state index in [4.69, 9.17) is 11.6 Å². The van der Waals surface area contributed by atoms with Crippen molar-refractivity contribution in [3.8, 4) is 0 Å². The average molecular weight is 297 g/mol. The van der Waals surface area contributed by atoms with Crippen LogP contribution in [0.4, 0.5) is 0 Å². The Hall–Kier alpha value is -1.69. The molecule has 0 bridgehead atoms. The minimum atomic E-state index is -0.508. The van der Waals surface area contributed by atoms with E-state index < -0.39 is 11.8 Å². The molecular formula is C13H17ClN4O2. The number of aryl methyl sites for hydroxylation is 1. The highest BCUT2D eigenvalue weighted by molar-refractivity contribution is 6.35. The van der Waals surface area contributed by atoms with Crippen LogP contribution in [0.5, 0.6) is 0 Å². The first-order valence-electron chi connectivity index (χ1n) is 6.48. The summed E-state index contributed by atoms with van der Waals surface area (Å²) in [5.74, 6) is -0.523. The molecule has 108 valence electrons. The Labute approximate surface area is 122 Å². The van der Waals surface area contributed by atoms with E-state index in [2.05, 4.69) is 9.97 Å². The van der Waals surface area contributed by atoms with Crippen molar-refractivity contribution in [3.63, 3.8) is 0 Å². The largest absolute Gasteiger partial charge is 0.330 e. The lowest BCUT2D eigenvalue weighted by molar-refractivity contribution is -0.157. The van der Waals surface area contributed by atoms with Gasteiger partial charge in [-0.1, -0.05) is 11.6 Å².